The van der Waals surface area contributed by atoms with Gasteiger partial charge in [-0.3, -0.25) is 14.9 Å². The highest BCUT2D eigenvalue weighted by Crippen LogP contribution is 2.40. The average Bonchev–Trinajstić information content (AvgIpc) is 3.33. The van der Waals surface area contributed by atoms with E-state index in [1.54, 1.807) is 29.7 Å². The van der Waals surface area contributed by atoms with Gasteiger partial charge in [-0.1, -0.05) is 46.3 Å². The summed E-state index contributed by atoms with van der Waals surface area (Å²) in [4.78, 5) is 29.9. The maximum Gasteiger partial charge on any atom is 0.269 e. The number of non-ortho nitro benzene ring substituents is 1. The Morgan fingerprint density at radius 1 is 1.05 bits per heavy atom. The highest BCUT2D eigenvalue weighted by molar-refractivity contribution is 9.10. The summed E-state index contributed by atoms with van der Waals surface area (Å²) in [6.45, 7) is 0.709. The van der Waals surface area contributed by atoms with Gasteiger partial charge in [-0.25, -0.2) is 4.99 Å². The van der Waals surface area contributed by atoms with Gasteiger partial charge in [0.2, 0.25) is 0 Å². The first-order chi connectivity index (χ1) is 19.0. The smallest absolute Gasteiger partial charge is 0.269 e. The molecule has 0 saturated carbocycles. The first-order valence-electron chi connectivity index (χ1n) is 12.6. The molecule has 1 aliphatic rings. The van der Waals surface area contributed by atoms with Gasteiger partial charge in [0.1, 0.15) is 17.4 Å². The zero-order chi connectivity index (χ0) is 27.2. The molecule has 39 heavy (non-hydrogen) atoms. The van der Waals surface area contributed by atoms with Crippen LogP contribution in [0, 0.1) is 10.1 Å². The Labute approximate surface area is 238 Å². The van der Waals surface area contributed by atoms with Crippen LogP contribution in [0.1, 0.15) is 50.3 Å². The van der Waals surface area contributed by atoms with E-state index in [2.05, 4.69) is 21.2 Å². The monoisotopic (exact) mass is 603 g/mol. The molecule has 3 aromatic carbocycles. The first-order valence-corrected chi connectivity index (χ1v) is 14.3. The van der Waals surface area contributed by atoms with Crippen molar-refractivity contribution in [3.63, 3.8) is 0 Å². The number of fused-ring (bicyclic) bond motifs is 1. The van der Waals surface area contributed by atoms with Crippen LogP contribution in [0.25, 0.3) is 0 Å². The molecule has 0 spiro atoms. The summed E-state index contributed by atoms with van der Waals surface area (Å²) in [7, 11) is 0. The zero-order valence-electron chi connectivity index (χ0n) is 21.1. The lowest BCUT2D eigenvalue weighted by molar-refractivity contribution is -0.384. The van der Waals surface area contributed by atoms with Crippen LogP contribution in [0.4, 0.5) is 10.7 Å². The standard InChI is InChI=1S/C30H26BrN3O4S/c31-23-12-15-26(38-19-21-10-13-24(14-11-21)34(36)37)22(16-23)18-33-30-28(25-8-4-5-9-27(25)39-30)29(35)32-17-20-6-2-1-3-7-20/h1-3,6-7,10-16,18H,4-5,8-9,17,19H2,(H,32,35). The molecule has 9 heteroatoms. The van der Waals surface area contributed by atoms with Crippen LogP contribution >= 0.6 is 27.3 Å². The van der Waals surface area contributed by atoms with Gasteiger partial charge in [-0.2, -0.15) is 0 Å². The number of hydrogen-bond donors (Lipinski definition) is 1. The number of halogens is 1. The van der Waals surface area contributed by atoms with Gasteiger partial charge >= 0.3 is 0 Å². The van der Waals surface area contributed by atoms with Crippen LogP contribution in [-0.4, -0.2) is 17.0 Å². The summed E-state index contributed by atoms with van der Waals surface area (Å²) >= 11 is 5.11. The fraction of sp³-hybridized carbons (Fsp3) is 0.200. The van der Waals surface area contributed by atoms with E-state index in [1.165, 1.54) is 17.0 Å². The predicted octanol–water partition coefficient (Wildman–Crippen LogP) is 7.56. The maximum atomic E-state index is 13.4. The highest BCUT2D eigenvalue weighted by atomic mass is 79.9. The number of thiophene rings is 1. The molecule has 1 aliphatic carbocycles. The van der Waals surface area contributed by atoms with Crippen LogP contribution in [-0.2, 0) is 26.0 Å². The number of carbonyl (C=O) groups excluding carboxylic acids is 1. The number of benzene rings is 3. The average molecular weight is 605 g/mol. The van der Waals surface area contributed by atoms with Crippen molar-refractivity contribution < 1.29 is 14.5 Å². The molecule has 5 rings (SSSR count). The molecule has 1 N–H and O–H groups in total. The van der Waals surface area contributed by atoms with Crippen molar-refractivity contribution in [1.82, 2.24) is 5.32 Å². The second-order valence-corrected chi connectivity index (χ2v) is 11.2. The number of ether oxygens (including phenoxy) is 1. The lowest BCUT2D eigenvalue weighted by Crippen LogP contribution is -2.24. The Balaban J connectivity index is 1.38. The molecule has 198 valence electrons. The minimum Gasteiger partial charge on any atom is -0.488 e. The molecule has 0 aliphatic heterocycles. The number of nitrogens with one attached hydrogen (secondary N) is 1. The van der Waals surface area contributed by atoms with Gasteiger partial charge in [0.15, 0.2) is 0 Å². The largest absolute Gasteiger partial charge is 0.488 e. The number of aliphatic imine (C=N–C) groups is 1. The van der Waals surface area contributed by atoms with E-state index in [4.69, 9.17) is 9.73 Å². The van der Waals surface area contributed by atoms with E-state index in [0.29, 0.717) is 22.9 Å². The topological polar surface area (TPSA) is 93.8 Å². The van der Waals surface area contributed by atoms with Crippen LogP contribution in [0.15, 0.2) is 82.3 Å². The summed E-state index contributed by atoms with van der Waals surface area (Å²) in [5.41, 5.74) is 4.45. The van der Waals surface area contributed by atoms with Gasteiger partial charge in [0, 0.05) is 39.8 Å². The molecular weight excluding hydrogens is 578 g/mol. The minimum absolute atomic E-state index is 0.0393. The third kappa shape index (κ3) is 6.61. The second kappa shape index (κ2) is 12.4. The number of hydrogen-bond acceptors (Lipinski definition) is 6. The Morgan fingerprint density at radius 2 is 1.82 bits per heavy atom. The summed E-state index contributed by atoms with van der Waals surface area (Å²) in [5, 5.41) is 14.7. The van der Waals surface area contributed by atoms with Crippen molar-refractivity contribution in [3.8, 4) is 5.75 Å². The van der Waals surface area contributed by atoms with Crippen molar-refractivity contribution in [2.45, 2.75) is 38.8 Å². The van der Waals surface area contributed by atoms with E-state index >= 15 is 0 Å². The normalized spacial score (nSPS) is 12.7. The summed E-state index contributed by atoms with van der Waals surface area (Å²) in [6.07, 6.45) is 5.78. The SMILES string of the molecule is O=C(NCc1ccccc1)c1c(N=Cc2cc(Br)ccc2OCc2ccc([N+](=O)[O-])cc2)sc2c1CCCC2. The molecule has 0 unspecified atom stereocenters. The molecule has 1 aromatic heterocycles. The molecule has 0 saturated heterocycles. The van der Waals surface area contributed by atoms with Crippen molar-refractivity contribution in [2.24, 2.45) is 4.99 Å². The second-order valence-electron chi connectivity index (χ2n) is 9.21. The predicted molar refractivity (Wildman–Crippen MR) is 157 cm³/mol. The Hall–Kier alpha value is -3.82. The lowest BCUT2D eigenvalue weighted by Gasteiger charge is -2.13. The molecular formula is C30H26BrN3O4S. The van der Waals surface area contributed by atoms with E-state index < -0.39 is 4.92 Å². The fourth-order valence-electron chi connectivity index (χ4n) is 4.50. The van der Waals surface area contributed by atoms with Gasteiger partial charge in [0.05, 0.1) is 10.5 Å². The van der Waals surface area contributed by atoms with Crippen molar-refractivity contribution >= 4 is 50.1 Å². The number of carbonyl (C=O) groups is 1. The molecule has 0 atom stereocenters. The summed E-state index contributed by atoms with van der Waals surface area (Å²) in [5.74, 6) is 0.519. The Morgan fingerprint density at radius 3 is 2.59 bits per heavy atom. The molecule has 1 heterocycles. The molecule has 7 nitrogen and oxygen atoms in total. The van der Waals surface area contributed by atoms with Crippen LogP contribution < -0.4 is 10.1 Å². The Kier molecular flexibility index (Phi) is 8.48. The van der Waals surface area contributed by atoms with Crippen molar-refractivity contribution in [2.75, 3.05) is 0 Å². The fourth-order valence-corrected chi connectivity index (χ4v) is 6.11. The van der Waals surface area contributed by atoms with Gasteiger partial charge in [0.25, 0.3) is 11.6 Å². The maximum absolute atomic E-state index is 13.4. The summed E-state index contributed by atoms with van der Waals surface area (Å²) in [6, 6.07) is 21.8. The number of rotatable bonds is 9. The summed E-state index contributed by atoms with van der Waals surface area (Å²) < 4.78 is 6.93. The quantitative estimate of drug-likeness (QED) is 0.121. The molecule has 4 aromatic rings. The van der Waals surface area contributed by atoms with Crippen LogP contribution in [0.2, 0.25) is 0 Å². The lowest BCUT2D eigenvalue weighted by atomic mass is 9.95. The third-order valence-corrected chi connectivity index (χ3v) is 8.20. The number of nitrogens with zero attached hydrogens (tertiary/aromatic N) is 2. The van der Waals surface area contributed by atoms with E-state index in [-0.39, 0.29) is 18.2 Å². The Bertz CT molecular complexity index is 1520. The van der Waals surface area contributed by atoms with Crippen LogP contribution in [0.3, 0.4) is 0 Å². The minimum atomic E-state index is -0.424. The molecule has 0 bridgehead atoms. The van der Waals surface area contributed by atoms with Gasteiger partial charge in [-0.05, 0) is 72.7 Å². The zero-order valence-corrected chi connectivity index (χ0v) is 23.5. The van der Waals surface area contributed by atoms with Gasteiger partial charge < -0.3 is 10.1 Å². The number of nitro groups is 1. The van der Waals surface area contributed by atoms with E-state index in [1.807, 2.05) is 48.5 Å². The molecule has 0 radical (unpaired) electrons. The van der Waals surface area contributed by atoms with Crippen molar-refractivity contribution in [3.05, 3.63) is 120 Å². The number of nitro benzene ring substituents is 1. The van der Waals surface area contributed by atoms with Gasteiger partial charge in [-0.15, -0.1) is 11.3 Å². The highest BCUT2D eigenvalue weighted by Gasteiger charge is 2.25. The van der Waals surface area contributed by atoms with E-state index in [9.17, 15) is 14.9 Å². The van der Waals surface area contributed by atoms with Crippen molar-refractivity contribution in [1.29, 1.82) is 0 Å². The van der Waals surface area contributed by atoms with Crippen LogP contribution in [0.5, 0.6) is 5.75 Å². The molecule has 1 amide bonds. The molecule has 0 fully saturated rings. The third-order valence-electron chi connectivity index (χ3n) is 6.51. The van der Waals surface area contributed by atoms with E-state index in [0.717, 1.165) is 52.4 Å². The first kappa shape index (κ1) is 26.8. The number of amides is 1. The number of aryl methyl sites for hydroxylation is 1.